The highest BCUT2D eigenvalue weighted by molar-refractivity contribution is 6.27. The van der Waals surface area contributed by atoms with Crippen LogP contribution in [-0.4, -0.2) is 44.0 Å². The van der Waals surface area contributed by atoms with Crippen LogP contribution in [0.1, 0.15) is 0 Å². The Morgan fingerprint density at radius 1 is 0.180 bits per heavy atom. The van der Waals surface area contributed by atoms with Crippen molar-refractivity contribution in [1.82, 2.24) is 44.0 Å². The van der Waals surface area contributed by atoms with Crippen LogP contribution in [0.3, 0.4) is 0 Å². The molecule has 0 N–H and O–H groups in total. The molecule has 0 saturated carbocycles. The molecule has 26 aromatic rings. The van der Waals surface area contributed by atoms with Gasteiger partial charge in [-0.15, -0.1) is 0 Å². The molecule has 11 heteroatoms. The number of rotatable bonds is 12. The maximum absolute atomic E-state index is 6.64. The summed E-state index contributed by atoms with van der Waals surface area (Å²) in [5, 5.41) is 15.8. The molecular weight excluding hydrogens is 1560 g/mol. The van der Waals surface area contributed by atoms with E-state index in [1.54, 1.807) is 0 Å². The van der Waals surface area contributed by atoms with Gasteiger partial charge in [0.05, 0.1) is 77.4 Å². The Morgan fingerprint density at radius 3 is 0.914 bits per heavy atom. The number of fused-ring (bicyclic) bond motifs is 20. The second-order valence-corrected chi connectivity index (χ2v) is 32.5. The molecule has 0 aliphatic carbocycles. The SMILES string of the molecule is c1ccc(-c2nc(-c3ccc(-c4ccc(-c5nc6ccc7ccccc7c6c6oc7ccccc7c56)cc4)cc3)cc(-c3cccc(-n4c5ccccc5c5ccccc54)c3)n2)cc1.c1ccc(-c2nc(-c3ccc(-c4ccc(-c5nc6ccc7ccccc7c6c6oc7ccccc7c56)cc4)cc3)nc(-c3cccc(-n4c5ccccc5c5ccccc54)c3)n2)cc1. The van der Waals surface area contributed by atoms with Crippen LogP contribution in [0, 0.1) is 0 Å². The lowest BCUT2D eigenvalue weighted by molar-refractivity contribution is 0.672. The topological polar surface area (TPSA) is 126 Å². The van der Waals surface area contributed by atoms with Crippen LogP contribution in [0.2, 0.25) is 0 Å². The number of pyridine rings is 2. The third-order valence-electron chi connectivity index (χ3n) is 25.1. The molecular formula is C117H71N9O2. The summed E-state index contributed by atoms with van der Waals surface area (Å²) in [4.78, 5) is 36.2. The summed E-state index contributed by atoms with van der Waals surface area (Å²) < 4.78 is 17.9. The molecule has 8 aromatic heterocycles. The highest BCUT2D eigenvalue weighted by atomic mass is 16.3. The first-order valence-corrected chi connectivity index (χ1v) is 43.1. The Hall–Kier alpha value is -17.4. The average Bonchev–Trinajstić information content (AvgIpc) is 1.55. The third kappa shape index (κ3) is 12.5. The number of nitrogens with zero attached hydrogens (tertiary/aromatic N) is 9. The van der Waals surface area contributed by atoms with Crippen LogP contribution in [0.5, 0.6) is 0 Å². The van der Waals surface area contributed by atoms with E-state index < -0.39 is 0 Å². The Morgan fingerprint density at radius 2 is 0.484 bits per heavy atom. The van der Waals surface area contributed by atoms with Crippen LogP contribution in [-0.2, 0) is 0 Å². The lowest BCUT2D eigenvalue weighted by atomic mass is 9.97. The maximum atomic E-state index is 6.64. The maximum Gasteiger partial charge on any atom is 0.164 e. The van der Waals surface area contributed by atoms with Crippen molar-refractivity contribution in [2.75, 3.05) is 0 Å². The minimum absolute atomic E-state index is 0.611. The standard InChI is InChI=1S/C59H36N4O.C58H35N5O/c1-2-14-42(15-3-1)59-61-50(36-51(62-59)43-16-12-17-44(35-43)63-52-22-9-6-19-46(52)47-20-7-10-23-53(47)63)40-29-25-37(26-30-40)38-27-31-41(32-28-38)57-56-48-21-8-11-24-54(48)64-58(56)55-45-18-5-4-13-39(45)33-34-49(55)60-57;1-2-14-40(15-3-1)56-60-57(62-58(61-56)42-16-12-17-43(35-42)63-49-22-9-6-19-45(49)46-20-7-10-23-50(46)63)41-31-27-37(28-32-41)36-25-29-39(30-26-36)54-53-47-21-8-11-24-51(47)64-55(53)52-44-18-5-4-13-38(44)33-34-48(52)59-54/h1-36H;1-35H. The van der Waals surface area contributed by atoms with Gasteiger partial charge in [0.2, 0.25) is 0 Å². The van der Waals surface area contributed by atoms with Crippen molar-refractivity contribution in [3.8, 4) is 124 Å². The molecule has 0 unspecified atom stereocenters. The largest absolute Gasteiger partial charge is 0.455 e. The smallest absolute Gasteiger partial charge is 0.164 e. The number of benzene rings is 18. The quantitative estimate of drug-likeness (QED) is 0.110. The van der Waals surface area contributed by atoms with Crippen molar-refractivity contribution in [2.24, 2.45) is 0 Å². The molecule has 0 fully saturated rings. The summed E-state index contributed by atoms with van der Waals surface area (Å²) in [5.41, 5.74) is 27.8. The van der Waals surface area contributed by atoms with E-state index in [1.807, 2.05) is 72.8 Å². The summed E-state index contributed by atoms with van der Waals surface area (Å²) >= 11 is 0. The van der Waals surface area contributed by atoms with Gasteiger partial charge in [-0.25, -0.2) is 34.9 Å². The summed E-state index contributed by atoms with van der Waals surface area (Å²) in [6.07, 6.45) is 0. The number of hydrogen-bond acceptors (Lipinski definition) is 9. The van der Waals surface area contributed by atoms with Crippen LogP contribution in [0.25, 0.3) is 255 Å². The van der Waals surface area contributed by atoms with Crippen LogP contribution in [0.4, 0.5) is 0 Å². The van der Waals surface area contributed by atoms with Gasteiger partial charge in [-0.05, 0) is 123 Å². The van der Waals surface area contributed by atoms with E-state index >= 15 is 0 Å². The number of hydrogen-bond donors (Lipinski definition) is 0. The Labute approximate surface area is 733 Å². The Kier molecular flexibility index (Phi) is 17.3. The van der Waals surface area contributed by atoms with Crippen LogP contribution < -0.4 is 0 Å². The average molecular weight is 1630 g/mol. The lowest BCUT2D eigenvalue weighted by Crippen LogP contribution is -2.01. The van der Waals surface area contributed by atoms with Gasteiger partial charge in [-0.1, -0.05) is 352 Å². The molecule has 0 amide bonds. The monoisotopic (exact) mass is 1630 g/mol. The van der Waals surface area contributed by atoms with Crippen LogP contribution in [0.15, 0.2) is 440 Å². The number of para-hydroxylation sites is 6. The van der Waals surface area contributed by atoms with Gasteiger partial charge < -0.3 is 18.0 Å². The van der Waals surface area contributed by atoms with Crippen molar-refractivity contribution in [3.05, 3.63) is 431 Å². The highest BCUT2D eigenvalue weighted by Gasteiger charge is 2.25. The minimum atomic E-state index is 0.611. The molecule has 8 heterocycles. The predicted molar refractivity (Wildman–Crippen MR) is 525 cm³/mol. The first-order chi connectivity index (χ1) is 63.4. The van der Waals surface area contributed by atoms with E-state index in [4.69, 9.17) is 43.7 Å². The summed E-state index contributed by atoms with van der Waals surface area (Å²) in [5.74, 6) is 2.53. The van der Waals surface area contributed by atoms with Crippen molar-refractivity contribution in [2.45, 2.75) is 0 Å². The van der Waals surface area contributed by atoms with Gasteiger partial charge >= 0.3 is 0 Å². The molecule has 0 spiro atoms. The van der Waals surface area contributed by atoms with Gasteiger partial charge in [-0.3, -0.25) is 0 Å². The van der Waals surface area contributed by atoms with Crippen LogP contribution >= 0.6 is 0 Å². The summed E-state index contributed by atoms with van der Waals surface area (Å²) in [6, 6.07) is 150. The molecule has 0 saturated heterocycles. The molecule has 0 aliphatic rings. The van der Waals surface area contributed by atoms with E-state index in [-0.39, 0.29) is 0 Å². The fraction of sp³-hybridized carbons (Fsp3) is 0. The molecule has 596 valence electrons. The van der Waals surface area contributed by atoms with E-state index in [0.29, 0.717) is 23.3 Å². The van der Waals surface area contributed by atoms with Crippen molar-refractivity contribution in [1.29, 1.82) is 0 Å². The first kappa shape index (κ1) is 73.3. The molecule has 128 heavy (non-hydrogen) atoms. The Bertz CT molecular complexity index is 8300. The first-order valence-electron chi connectivity index (χ1n) is 43.1. The fourth-order valence-corrected chi connectivity index (χ4v) is 19.0. The zero-order valence-electron chi connectivity index (χ0n) is 68.8. The van der Waals surface area contributed by atoms with Gasteiger partial charge in [0.15, 0.2) is 23.3 Å². The highest BCUT2D eigenvalue weighted by Crippen LogP contribution is 2.46. The fourth-order valence-electron chi connectivity index (χ4n) is 19.0. The normalized spacial score (nSPS) is 11.8. The molecule has 11 nitrogen and oxygen atoms in total. The molecule has 18 aromatic carbocycles. The van der Waals surface area contributed by atoms with E-state index in [0.717, 1.165) is 194 Å². The molecule has 0 aliphatic heterocycles. The third-order valence-corrected chi connectivity index (χ3v) is 25.1. The number of aromatic nitrogens is 9. The van der Waals surface area contributed by atoms with E-state index in [9.17, 15) is 0 Å². The lowest BCUT2D eigenvalue weighted by Gasteiger charge is -2.12. The molecule has 0 radical (unpaired) electrons. The van der Waals surface area contributed by atoms with E-state index in [2.05, 4.69) is 367 Å². The summed E-state index contributed by atoms with van der Waals surface area (Å²) in [6.45, 7) is 0. The van der Waals surface area contributed by atoms with Crippen molar-refractivity contribution in [3.63, 3.8) is 0 Å². The zero-order chi connectivity index (χ0) is 84.3. The Balaban J connectivity index is 0.000000139. The van der Waals surface area contributed by atoms with Crippen molar-refractivity contribution >= 4 is 131 Å². The van der Waals surface area contributed by atoms with Gasteiger partial charge in [0.1, 0.15) is 22.3 Å². The summed E-state index contributed by atoms with van der Waals surface area (Å²) in [7, 11) is 0. The molecule has 0 bridgehead atoms. The van der Waals surface area contributed by atoms with Gasteiger partial charge in [0, 0.05) is 88.2 Å². The molecule has 0 atom stereocenters. The second kappa shape index (κ2) is 30.3. The second-order valence-electron chi connectivity index (χ2n) is 32.5. The van der Waals surface area contributed by atoms with E-state index in [1.165, 1.54) is 38.0 Å². The van der Waals surface area contributed by atoms with Gasteiger partial charge in [-0.2, -0.15) is 0 Å². The minimum Gasteiger partial charge on any atom is -0.455 e. The van der Waals surface area contributed by atoms with Crippen molar-refractivity contribution < 1.29 is 8.83 Å². The van der Waals surface area contributed by atoms with Gasteiger partial charge in [0.25, 0.3) is 0 Å². The number of furan rings is 2. The molecule has 26 rings (SSSR count). The zero-order valence-corrected chi connectivity index (χ0v) is 68.8. The predicted octanol–water partition coefficient (Wildman–Crippen LogP) is 30.4.